The summed E-state index contributed by atoms with van der Waals surface area (Å²) in [6, 6.07) is 5.73. The molecule has 1 N–H and O–H groups in total. The fourth-order valence-electron chi connectivity index (χ4n) is 2.07. The number of rotatable bonds is 7. The molecule has 22 heavy (non-hydrogen) atoms. The number of aromatic nitrogens is 3. The molecule has 0 saturated heterocycles. The third kappa shape index (κ3) is 3.82. The Morgan fingerprint density at radius 3 is 3.18 bits per heavy atom. The molecule has 0 bridgehead atoms. The predicted octanol–water partition coefficient (Wildman–Crippen LogP) is 2.35. The van der Waals surface area contributed by atoms with Crippen molar-refractivity contribution in [2.75, 3.05) is 6.54 Å². The first kappa shape index (κ1) is 14.5. The van der Waals surface area contributed by atoms with Gasteiger partial charge in [-0.3, -0.25) is 4.79 Å². The molecular weight excluding hydrogens is 300 g/mol. The zero-order valence-electron chi connectivity index (χ0n) is 11.9. The molecule has 7 heteroatoms. The summed E-state index contributed by atoms with van der Waals surface area (Å²) in [6.07, 6.45) is 6.52. The lowest BCUT2D eigenvalue weighted by molar-refractivity contribution is -0.120. The lowest BCUT2D eigenvalue weighted by Gasteiger charge is -2.04. The maximum Gasteiger partial charge on any atom is 0.226 e. The summed E-state index contributed by atoms with van der Waals surface area (Å²) in [7, 11) is 0. The van der Waals surface area contributed by atoms with E-state index in [0.29, 0.717) is 18.0 Å². The third-order valence-electron chi connectivity index (χ3n) is 3.14. The van der Waals surface area contributed by atoms with Crippen molar-refractivity contribution in [3.63, 3.8) is 0 Å². The van der Waals surface area contributed by atoms with Crippen molar-refractivity contribution in [1.29, 1.82) is 0 Å². The first-order valence-electron chi connectivity index (χ1n) is 7.03. The van der Waals surface area contributed by atoms with Crippen molar-refractivity contribution in [3.05, 3.63) is 48.0 Å². The molecule has 0 aromatic carbocycles. The van der Waals surface area contributed by atoms with E-state index in [2.05, 4.69) is 15.5 Å². The second-order valence-electron chi connectivity index (χ2n) is 4.84. The molecule has 1 amide bonds. The molecule has 0 atom stereocenters. The Labute approximate surface area is 131 Å². The number of hydrogen-bond donors (Lipinski definition) is 1. The molecule has 3 aromatic heterocycles. The highest BCUT2D eigenvalue weighted by Crippen LogP contribution is 2.25. The standard InChI is InChI=1S/C15H16N4O2S/c20-15(17-4-2-6-19-7-5-16-11-19)10-12-9-13(21-18-12)14-3-1-8-22-14/h1,3,5,7-9,11H,2,4,6,10H2,(H,17,20). The van der Waals surface area contributed by atoms with Gasteiger partial charge in [-0.05, 0) is 17.9 Å². The van der Waals surface area contributed by atoms with Gasteiger partial charge in [0.15, 0.2) is 5.76 Å². The summed E-state index contributed by atoms with van der Waals surface area (Å²) >= 11 is 1.58. The van der Waals surface area contributed by atoms with Crippen molar-refractivity contribution >= 4 is 17.2 Å². The number of carbonyl (C=O) groups is 1. The van der Waals surface area contributed by atoms with Crippen molar-refractivity contribution in [2.45, 2.75) is 19.4 Å². The summed E-state index contributed by atoms with van der Waals surface area (Å²) in [5.74, 6) is 0.662. The fraction of sp³-hybridized carbons (Fsp3) is 0.267. The largest absolute Gasteiger partial charge is 0.356 e. The SMILES string of the molecule is O=C(Cc1cc(-c2cccs2)on1)NCCCn1ccnc1. The maximum absolute atomic E-state index is 11.9. The predicted molar refractivity (Wildman–Crippen MR) is 83.4 cm³/mol. The Hall–Kier alpha value is -2.41. The van der Waals surface area contributed by atoms with Crippen LogP contribution in [0.15, 0.2) is 46.8 Å². The molecule has 114 valence electrons. The minimum atomic E-state index is -0.0448. The molecule has 3 rings (SSSR count). The van der Waals surface area contributed by atoms with Crippen LogP contribution in [-0.2, 0) is 17.8 Å². The van der Waals surface area contributed by atoms with Gasteiger partial charge in [-0.2, -0.15) is 0 Å². The fourth-order valence-corrected chi connectivity index (χ4v) is 2.74. The molecule has 0 aliphatic rings. The molecule has 6 nitrogen and oxygen atoms in total. The van der Waals surface area contributed by atoms with E-state index in [1.165, 1.54) is 0 Å². The van der Waals surface area contributed by atoms with Crippen LogP contribution in [0.2, 0.25) is 0 Å². The van der Waals surface area contributed by atoms with Crippen LogP contribution >= 0.6 is 11.3 Å². The first-order chi connectivity index (χ1) is 10.8. The van der Waals surface area contributed by atoms with Crippen LogP contribution in [0, 0.1) is 0 Å². The van der Waals surface area contributed by atoms with Crippen molar-refractivity contribution in [2.24, 2.45) is 0 Å². The van der Waals surface area contributed by atoms with Crippen LogP contribution in [0.3, 0.4) is 0 Å². The van der Waals surface area contributed by atoms with Gasteiger partial charge in [0.25, 0.3) is 0 Å². The Balaban J connectivity index is 1.42. The summed E-state index contributed by atoms with van der Waals surface area (Å²) in [4.78, 5) is 16.8. The van der Waals surface area contributed by atoms with E-state index in [9.17, 15) is 4.79 Å². The monoisotopic (exact) mass is 316 g/mol. The average molecular weight is 316 g/mol. The highest BCUT2D eigenvalue weighted by Gasteiger charge is 2.10. The molecule has 0 aliphatic carbocycles. The average Bonchev–Trinajstić information content (AvgIpc) is 3.24. The topological polar surface area (TPSA) is 73.0 Å². The van der Waals surface area contributed by atoms with E-state index < -0.39 is 0 Å². The van der Waals surface area contributed by atoms with E-state index in [-0.39, 0.29) is 12.3 Å². The molecular formula is C15H16N4O2S. The van der Waals surface area contributed by atoms with Crippen LogP contribution < -0.4 is 5.32 Å². The number of aryl methyl sites for hydroxylation is 1. The zero-order chi connectivity index (χ0) is 15.2. The molecule has 0 saturated carbocycles. The van der Waals surface area contributed by atoms with Crippen LogP contribution in [-0.4, -0.2) is 27.2 Å². The summed E-state index contributed by atoms with van der Waals surface area (Å²) < 4.78 is 7.24. The third-order valence-corrected chi connectivity index (χ3v) is 4.02. The minimum absolute atomic E-state index is 0.0448. The van der Waals surface area contributed by atoms with Crippen molar-refractivity contribution < 1.29 is 9.32 Å². The van der Waals surface area contributed by atoms with Crippen LogP contribution in [0.4, 0.5) is 0 Å². The van der Waals surface area contributed by atoms with Gasteiger partial charge in [-0.15, -0.1) is 11.3 Å². The van der Waals surface area contributed by atoms with Gasteiger partial charge in [0.2, 0.25) is 5.91 Å². The van der Waals surface area contributed by atoms with Gasteiger partial charge in [0.1, 0.15) is 0 Å². The molecule has 0 radical (unpaired) electrons. The number of carbonyl (C=O) groups excluding carboxylic acids is 1. The molecule has 0 fully saturated rings. The molecule has 0 unspecified atom stereocenters. The Bertz CT molecular complexity index is 704. The lowest BCUT2D eigenvalue weighted by atomic mass is 10.2. The smallest absolute Gasteiger partial charge is 0.226 e. The van der Waals surface area contributed by atoms with Crippen LogP contribution in [0.1, 0.15) is 12.1 Å². The normalized spacial score (nSPS) is 10.7. The number of amides is 1. The molecule has 3 heterocycles. The first-order valence-corrected chi connectivity index (χ1v) is 7.91. The van der Waals surface area contributed by atoms with Gasteiger partial charge in [-0.25, -0.2) is 4.98 Å². The highest BCUT2D eigenvalue weighted by atomic mass is 32.1. The van der Waals surface area contributed by atoms with Gasteiger partial charge in [0, 0.05) is 31.5 Å². The minimum Gasteiger partial charge on any atom is -0.356 e. The van der Waals surface area contributed by atoms with E-state index in [1.807, 2.05) is 34.3 Å². The Morgan fingerprint density at radius 1 is 1.45 bits per heavy atom. The van der Waals surface area contributed by atoms with Gasteiger partial charge in [-0.1, -0.05) is 11.2 Å². The van der Waals surface area contributed by atoms with Gasteiger partial charge in [0.05, 0.1) is 23.3 Å². The highest BCUT2D eigenvalue weighted by molar-refractivity contribution is 7.13. The number of nitrogens with one attached hydrogen (secondary N) is 1. The van der Waals surface area contributed by atoms with Crippen LogP contribution in [0.25, 0.3) is 10.6 Å². The maximum atomic E-state index is 11.9. The number of thiophene rings is 1. The van der Waals surface area contributed by atoms with Crippen molar-refractivity contribution in [3.8, 4) is 10.6 Å². The van der Waals surface area contributed by atoms with E-state index >= 15 is 0 Å². The summed E-state index contributed by atoms with van der Waals surface area (Å²) in [5, 5.41) is 8.80. The number of nitrogens with zero attached hydrogens (tertiary/aromatic N) is 3. The van der Waals surface area contributed by atoms with E-state index in [1.54, 1.807) is 23.9 Å². The second kappa shape index (κ2) is 7.04. The van der Waals surface area contributed by atoms with E-state index in [4.69, 9.17) is 4.52 Å². The summed E-state index contributed by atoms with van der Waals surface area (Å²) in [5.41, 5.74) is 0.649. The van der Waals surface area contributed by atoms with Gasteiger partial charge >= 0.3 is 0 Å². The zero-order valence-corrected chi connectivity index (χ0v) is 12.8. The molecule has 0 aliphatic heterocycles. The van der Waals surface area contributed by atoms with Crippen molar-refractivity contribution in [1.82, 2.24) is 20.0 Å². The number of imidazole rings is 1. The Kier molecular flexibility index (Phi) is 4.65. The summed E-state index contributed by atoms with van der Waals surface area (Å²) in [6.45, 7) is 1.47. The Morgan fingerprint density at radius 2 is 2.41 bits per heavy atom. The van der Waals surface area contributed by atoms with Crippen LogP contribution in [0.5, 0.6) is 0 Å². The van der Waals surface area contributed by atoms with Gasteiger partial charge < -0.3 is 14.4 Å². The molecule has 0 spiro atoms. The second-order valence-corrected chi connectivity index (χ2v) is 5.79. The quantitative estimate of drug-likeness (QED) is 0.679. The molecule has 3 aromatic rings. The number of hydrogen-bond acceptors (Lipinski definition) is 5. The van der Waals surface area contributed by atoms with E-state index in [0.717, 1.165) is 17.8 Å². The lowest BCUT2D eigenvalue weighted by Crippen LogP contribution is -2.26.